The number of hydrogen-bond donors (Lipinski definition) is 0. The van der Waals surface area contributed by atoms with Crippen LogP contribution in [0, 0.1) is 46.5 Å². The van der Waals surface area contributed by atoms with Crippen LogP contribution in [0.15, 0.2) is 42.2 Å². The van der Waals surface area contributed by atoms with Crippen LogP contribution in [0.3, 0.4) is 0 Å². The summed E-state index contributed by atoms with van der Waals surface area (Å²) in [6, 6.07) is 3.03. The van der Waals surface area contributed by atoms with Gasteiger partial charge in [-0.1, -0.05) is 6.07 Å². The Balaban J connectivity index is 1.85. The van der Waals surface area contributed by atoms with Crippen molar-refractivity contribution in [1.29, 1.82) is 0 Å². The third-order valence-electron chi connectivity index (χ3n) is 4.92. The summed E-state index contributed by atoms with van der Waals surface area (Å²) in [6.07, 6.45) is 0. The van der Waals surface area contributed by atoms with E-state index in [1.807, 2.05) is 0 Å². The molecule has 1 aliphatic rings. The third-order valence-corrected chi connectivity index (χ3v) is 4.92. The summed E-state index contributed by atoms with van der Waals surface area (Å²) >= 11 is 0. The van der Waals surface area contributed by atoms with Crippen LogP contribution in [-0.4, -0.2) is 7.12 Å². The minimum atomic E-state index is -2.43. The number of rotatable bonds is 5. The van der Waals surface area contributed by atoms with E-state index in [0.29, 0.717) is 36.4 Å². The summed E-state index contributed by atoms with van der Waals surface area (Å²) in [5.41, 5.74) is -1.83. The summed E-state index contributed by atoms with van der Waals surface area (Å²) < 4.78 is 149. The van der Waals surface area contributed by atoms with E-state index in [0.717, 1.165) is 0 Å². The van der Waals surface area contributed by atoms with Gasteiger partial charge in [0.1, 0.15) is 23.1 Å². The third kappa shape index (κ3) is 3.74. The van der Waals surface area contributed by atoms with Crippen LogP contribution < -0.4 is 9.31 Å². The van der Waals surface area contributed by atoms with Gasteiger partial charge in [0.05, 0.1) is 5.56 Å². The number of fused-ring (bicyclic) bond motifs is 1. The van der Waals surface area contributed by atoms with Crippen molar-refractivity contribution in [2.75, 3.05) is 0 Å². The first-order chi connectivity index (χ1) is 16.0. The minimum Gasteiger partial charge on any atom is -0.523 e. The zero-order chi connectivity index (χ0) is 24.9. The molecule has 1 aliphatic carbocycles. The Kier molecular flexibility index (Phi) is 5.96. The maximum atomic E-state index is 14.8. The van der Waals surface area contributed by atoms with Crippen LogP contribution in [0.25, 0.3) is 5.83 Å². The largest absolute Gasteiger partial charge is 0.610 e. The van der Waals surface area contributed by atoms with Gasteiger partial charge in [0.15, 0.2) is 40.7 Å². The van der Waals surface area contributed by atoms with Crippen molar-refractivity contribution in [3.05, 3.63) is 99.9 Å². The van der Waals surface area contributed by atoms with E-state index >= 15 is 0 Å². The minimum absolute atomic E-state index is 0.396. The molecule has 0 amide bonds. The van der Waals surface area contributed by atoms with Crippen molar-refractivity contribution >= 4 is 12.9 Å². The highest BCUT2D eigenvalue weighted by Crippen LogP contribution is 2.47. The van der Waals surface area contributed by atoms with Crippen LogP contribution in [0.4, 0.5) is 43.9 Å². The molecule has 0 saturated carbocycles. The molecule has 0 fully saturated rings. The summed E-state index contributed by atoms with van der Waals surface area (Å²) in [6.45, 7) is 0. The van der Waals surface area contributed by atoms with Crippen molar-refractivity contribution in [1.82, 2.24) is 0 Å². The summed E-state index contributed by atoms with van der Waals surface area (Å²) in [5.74, 6) is -22.8. The average Bonchev–Trinajstić information content (AvgIpc) is 3.06. The van der Waals surface area contributed by atoms with E-state index in [9.17, 15) is 43.9 Å². The van der Waals surface area contributed by atoms with Gasteiger partial charge >= 0.3 is 7.12 Å². The van der Waals surface area contributed by atoms with Crippen molar-refractivity contribution in [3.63, 3.8) is 0 Å². The first kappa shape index (κ1) is 23.5. The molecule has 2 nitrogen and oxygen atoms in total. The van der Waals surface area contributed by atoms with E-state index in [4.69, 9.17) is 9.31 Å². The first-order valence-corrected chi connectivity index (χ1v) is 9.16. The van der Waals surface area contributed by atoms with E-state index < -0.39 is 93.8 Å². The molecule has 176 valence electrons. The molecule has 3 aromatic rings. The van der Waals surface area contributed by atoms with Gasteiger partial charge in [0.25, 0.3) is 0 Å². The molecule has 1 unspecified atom stereocenters. The topological polar surface area (TPSA) is 18.5 Å². The van der Waals surface area contributed by atoms with Crippen molar-refractivity contribution in [2.45, 2.75) is 5.82 Å². The van der Waals surface area contributed by atoms with Crippen LogP contribution in [0.5, 0.6) is 11.5 Å². The molecule has 34 heavy (non-hydrogen) atoms. The Bertz CT molecular complexity index is 1280. The lowest BCUT2D eigenvalue weighted by atomic mass is 9.68. The van der Waals surface area contributed by atoms with Gasteiger partial charge in [-0.15, -0.1) is 0 Å². The fourth-order valence-corrected chi connectivity index (χ4v) is 3.32. The Morgan fingerprint density at radius 2 is 0.971 bits per heavy atom. The number of hydrogen-bond acceptors (Lipinski definition) is 2. The lowest BCUT2D eigenvalue weighted by molar-refractivity contribution is 0.353. The maximum Gasteiger partial charge on any atom is 0.610 e. The van der Waals surface area contributed by atoms with Crippen molar-refractivity contribution < 1.29 is 53.2 Å². The molecule has 0 spiro atoms. The van der Waals surface area contributed by atoms with Crippen molar-refractivity contribution in [3.8, 4) is 11.5 Å². The van der Waals surface area contributed by atoms with Crippen LogP contribution in [-0.2, 0) is 0 Å². The normalized spacial score (nSPS) is 14.9. The molecule has 4 rings (SSSR count). The zero-order valence-corrected chi connectivity index (χ0v) is 16.2. The lowest BCUT2D eigenvalue weighted by Crippen LogP contribution is -2.38. The van der Waals surface area contributed by atoms with Gasteiger partial charge in [0.2, 0.25) is 11.6 Å². The molecule has 3 aromatic carbocycles. The fraction of sp³-hybridized carbons (Fsp3) is 0.0476. The number of halogens is 10. The smallest absolute Gasteiger partial charge is 0.523 e. The van der Waals surface area contributed by atoms with Gasteiger partial charge in [-0.05, 0) is 35.9 Å². The second-order valence-electron chi connectivity index (χ2n) is 6.92. The Morgan fingerprint density at radius 1 is 0.529 bits per heavy atom. The summed E-state index contributed by atoms with van der Waals surface area (Å²) in [5, 5.41) is 0. The van der Waals surface area contributed by atoms with Gasteiger partial charge in [-0.25, -0.2) is 35.1 Å². The zero-order valence-electron chi connectivity index (χ0n) is 16.2. The van der Waals surface area contributed by atoms with E-state index in [-0.39, 0.29) is 0 Å². The summed E-state index contributed by atoms with van der Waals surface area (Å²) in [4.78, 5) is 0. The highest BCUT2D eigenvalue weighted by atomic mass is 19.2. The molecular formula is C21H7BF10O2. The predicted molar refractivity (Wildman–Crippen MR) is 97.9 cm³/mol. The molecule has 1 atom stereocenters. The monoisotopic (exact) mass is 492 g/mol. The van der Waals surface area contributed by atoms with E-state index in [1.54, 1.807) is 0 Å². The Labute approximate surface area is 184 Å². The Hall–Kier alpha value is -3.64. The van der Waals surface area contributed by atoms with Crippen LogP contribution >= 0.6 is 0 Å². The average molecular weight is 492 g/mol. The van der Waals surface area contributed by atoms with E-state index in [1.165, 1.54) is 0 Å². The van der Waals surface area contributed by atoms with Gasteiger partial charge in [0, 0.05) is 0 Å². The molecule has 0 N–H and O–H groups in total. The quantitative estimate of drug-likeness (QED) is 0.225. The molecule has 0 aromatic heterocycles. The molecule has 0 radical (unpaired) electrons. The van der Waals surface area contributed by atoms with Crippen LogP contribution in [0.2, 0.25) is 0 Å². The standard InChI is InChI=1S/C21H7BF10O2/c23-8-2-1-7-13(15(8)26)20(31)21(32)14(7)22(33-11-5-3-9(24)16(27)18(11)29)34-12-6-4-10(25)17(28)19(12)30/h1-6,14H. The summed E-state index contributed by atoms with van der Waals surface area (Å²) in [7, 11) is -2.43. The fourth-order valence-electron chi connectivity index (χ4n) is 3.32. The van der Waals surface area contributed by atoms with Gasteiger partial charge in [-0.3, -0.25) is 0 Å². The van der Waals surface area contributed by atoms with Gasteiger partial charge in [-0.2, -0.15) is 8.78 Å². The van der Waals surface area contributed by atoms with Crippen molar-refractivity contribution in [2.24, 2.45) is 0 Å². The maximum absolute atomic E-state index is 14.8. The lowest BCUT2D eigenvalue weighted by Gasteiger charge is -2.22. The molecule has 0 saturated heterocycles. The molecule has 0 heterocycles. The van der Waals surface area contributed by atoms with E-state index in [2.05, 4.69) is 0 Å². The highest BCUT2D eigenvalue weighted by molar-refractivity contribution is 6.50. The molecule has 0 bridgehead atoms. The Morgan fingerprint density at radius 3 is 1.47 bits per heavy atom. The molecule has 0 aliphatic heterocycles. The second-order valence-corrected chi connectivity index (χ2v) is 6.92. The molecule has 13 heteroatoms. The number of benzene rings is 3. The second kappa shape index (κ2) is 8.62. The SMILES string of the molecule is FC1=C(F)C(B(Oc2ccc(F)c(F)c2F)Oc2ccc(F)c(F)c2F)c2ccc(F)c(F)c21. The first-order valence-electron chi connectivity index (χ1n) is 9.16. The van der Waals surface area contributed by atoms with Gasteiger partial charge < -0.3 is 9.31 Å². The number of allylic oxidation sites excluding steroid dienone is 1. The van der Waals surface area contributed by atoms with Crippen LogP contribution in [0.1, 0.15) is 16.9 Å². The molecular weight excluding hydrogens is 485 g/mol. The predicted octanol–water partition coefficient (Wildman–Crippen LogP) is 6.69. The highest BCUT2D eigenvalue weighted by Gasteiger charge is 2.49.